The second-order valence-corrected chi connectivity index (χ2v) is 9.05. The van der Waals surface area contributed by atoms with Gasteiger partial charge >= 0.3 is 0 Å². The molecule has 0 saturated carbocycles. The number of hydrogen-bond donors (Lipinski definition) is 2. The Balaban J connectivity index is 1.85. The summed E-state index contributed by atoms with van der Waals surface area (Å²) in [5, 5.41) is 7.21. The topological polar surface area (TPSA) is 98.5 Å². The SMILES string of the molecule is CCc1cc([C@@H](Nc2nc(C)cc(C)n2)c2cccc(OC)c2OC)c(NC(=O)c2ccco2)s1. The molecule has 2 N–H and O–H groups in total. The van der Waals surface area contributed by atoms with E-state index in [-0.39, 0.29) is 11.7 Å². The van der Waals surface area contributed by atoms with Crippen molar-refractivity contribution in [1.29, 1.82) is 0 Å². The third-order valence-electron chi connectivity index (χ3n) is 5.44. The molecule has 3 heterocycles. The first-order valence-corrected chi connectivity index (χ1v) is 12.0. The number of furan rings is 1. The third-order valence-corrected chi connectivity index (χ3v) is 6.65. The number of anilines is 2. The van der Waals surface area contributed by atoms with Crippen molar-refractivity contribution >= 4 is 28.2 Å². The van der Waals surface area contributed by atoms with Gasteiger partial charge in [-0.3, -0.25) is 4.79 Å². The molecule has 0 saturated heterocycles. The van der Waals surface area contributed by atoms with E-state index < -0.39 is 6.04 Å². The van der Waals surface area contributed by atoms with Crippen molar-refractivity contribution in [2.45, 2.75) is 33.2 Å². The van der Waals surface area contributed by atoms with Crippen LogP contribution in [0.15, 0.2) is 53.1 Å². The molecule has 0 spiro atoms. The number of hydrogen-bond acceptors (Lipinski definition) is 8. The first-order chi connectivity index (χ1) is 16.9. The maximum atomic E-state index is 12.9. The van der Waals surface area contributed by atoms with Crippen molar-refractivity contribution in [3.05, 3.63) is 81.9 Å². The molecule has 8 nitrogen and oxygen atoms in total. The lowest BCUT2D eigenvalue weighted by Crippen LogP contribution is -2.18. The molecule has 0 fully saturated rings. The number of aromatic nitrogens is 2. The highest BCUT2D eigenvalue weighted by molar-refractivity contribution is 7.16. The van der Waals surface area contributed by atoms with Crippen LogP contribution in [0.2, 0.25) is 0 Å². The van der Waals surface area contributed by atoms with E-state index >= 15 is 0 Å². The number of benzene rings is 1. The summed E-state index contributed by atoms with van der Waals surface area (Å²) in [4.78, 5) is 23.2. The number of nitrogens with one attached hydrogen (secondary N) is 2. The van der Waals surface area contributed by atoms with Crippen molar-refractivity contribution in [1.82, 2.24) is 9.97 Å². The van der Waals surface area contributed by atoms with Gasteiger partial charge in [-0.2, -0.15) is 0 Å². The Morgan fingerprint density at radius 2 is 1.83 bits per heavy atom. The van der Waals surface area contributed by atoms with Gasteiger partial charge in [0.05, 0.1) is 26.5 Å². The fraction of sp³-hybridized carbons (Fsp3) is 0.269. The number of carbonyl (C=O) groups is 1. The van der Waals surface area contributed by atoms with Gasteiger partial charge in [-0.1, -0.05) is 19.1 Å². The van der Waals surface area contributed by atoms with Crippen LogP contribution in [0.25, 0.3) is 0 Å². The molecule has 0 bridgehead atoms. The Morgan fingerprint density at radius 3 is 2.46 bits per heavy atom. The zero-order valence-electron chi connectivity index (χ0n) is 20.3. The highest BCUT2D eigenvalue weighted by atomic mass is 32.1. The molecule has 4 aromatic rings. The predicted molar refractivity (Wildman–Crippen MR) is 137 cm³/mol. The molecule has 1 atom stereocenters. The second-order valence-electron chi connectivity index (χ2n) is 7.92. The highest BCUT2D eigenvalue weighted by Gasteiger charge is 2.27. The van der Waals surface area contributed by atoms with Gasteiger partial charge < -0.3 is 24.5 Å². The summed E-state index contributed by atoms with van der Waals surface area (Å²) >= 11 is 1.52. The molecule has 35 heavy (non-hydrogen) atoms. The van der Waals surface area contributed by atoms with Gasteiger partial charge in [0.25, 0.3) is 5.91 Å². The first kappa shape index (κ1) is 24.3. The van der Waals surface area contributed by atoms with Crippen LogP contribution in [-0.2, 0) is 6.42 Å². The van der Waals surface area contributed by atoms with Crippen LogP contribution in [-0.4, -0.2) is 30.1 Å². The number of thiophene rings is 1. The molecule has 1 aromatic carbocycles. The number of amides is 1. The highest BCUT2D eigenvalue weighted by Crippen LogP contribution is 2.43. The van der Waals surface area contributed by atoms with Crippen LogP contribution >= 0.6 is 11.3 Å². The predicted octanol–water partition coefficient (Wildman–Crippen LogP) is 5.78. The summed E-state index contributed by atoms with van der Waals surface area (Å²) in [7, 11) is 3.21. The molecule has 0 aliphatic rings. The summed E-state index contributed by atoms with van der Waals surface area (Å²) in [6.45, 7) is 5.93. The van der Waals surface area contributed by atoms with Gasteiger partial charge in [-0.15, -0.1) is 11.3 Å². The van der Waals surface area contributed by atoms with Crippen LogP contribution in [0.1, 0.15) is 50.9 Å². The zero-order valence-corrected chi connectivity index (χ0v) is 21.2. The molecule has 0 radical (unpaired) electrons. The van der Waals surface area contributed by atoms with E-state index in [1.807, 2.05) is 38.1 Å². The van der Waals surface area contributed by atoms with E-state index in [1.54, 1.807) is 26.4 Å². The first-order valence-electron chi connectivity index (χ1n) is 11.2. The van der Waals surface area contributed by atoms with E-state index in [2.05, 4.69) is 33.6 Å². The number of carbonyl (C=O) groups excluding carboxylic acids is 1. The molecule has 9 heteroatoms. The molecule has 0 aliphatic heterocycles. The summed E-state index contributed by atoms with van der Waals surface area (Å²) in [6.07, 6.45) is 2.29. The third kappa shape index (κ3) is 5.30. The van der Waals surface area contributed by atoms with Crippen molar-refractivity contribution < 1.29 is 18.7 Å². The number of rotatable bonds is 9. The molecule has 1 amide bonds. The Labute approximate surface area is 208 Å². The fourth-order valence-corrected chi connectivity index (χ4v) is 4.93. The van der Waals surface area contributed by atoms with E-state index in [9.17, 15) is 4.79 Å². The molecule has 0 aliphatic carbocycles. The molecule has 3 aromatic heterocycles. The lowest BCUT2D eigenvalue weighted by Gasteiger charge is -2.23. The maximum absolute atomic E-state index is 12.9. The van der Waals surface area contributed by atoms with Crippen LogP contribution < -0.4 is 20.1 Å². The van der Waals surface area contributed by atoms with Gasteiger partial charge in [0.15, 0.2) is 17.3 Å². The van der Waals surface area contributed by atoms with Gasteiger partial charge in [0.1, 0.15) is 5.00 Å². The summed E-state index contributed by atoms with van der Waals surface area (Å²) < 4.78 is 16.6. The zero-order chi connectivity index (χ0) is 24.9. The minimum atomic E-state index is -0.440. The number of para-hydroxylation sites is 1. The average Bonchev–Trinajstić information content (AvgIpc) is 3.52. The molecule has 182 valence electrons. The Bertz CT molecular complexity index is 1300. The van der Waals surface area contributed by atoms with Crippen molar-refractivity contribution in [2.24, 2.45) is 0 Å². The summed E-state index contributed by atoms with van der Waals surface area (Å²) in [5.41, 5.74) is 3.38. The summed E-state index contributed by atoms with van der Waals surface area (Å²) in [5.74, 6) is 1.59. The van der Waals surface area contributed by atoms with Gasteiger partial charge in [0.2, 0.25) is 5.95 Å². The standard InChI is InChI=1S/C26H28N4O4S/c1-6-17-14-19(25(35-17)30-24(31)21-11-8-12-34-21)22(29-26-27-15(2)13-16(3)28-26)18-9-7-10-20(32-4)23(18)33-5/h7-14,22H,6H2,1-5H3,(H,30,31)(H,27,28,29)/t22-/m0/s1. The lowest BCUT2D eigenvalue weighted by atomic mass is 9.98. The summed E-state index contributed by atoms with van der Waals surface area (Å²) in [6, 6.07) is 12.6. The molecular weight excluding hydrogens is 464 g/mol. The largest absolute Gasteiger partial charge is 0.493 e. The normalized spacial score (nSPS) is 11.7. The Morgan fingerprint density at radius 1 is 1.06 bits per heavy atom. The second kappa shape index (κ2) is 10.6. The number of methoxy groups -OCH3 is 2. The van der Waals surface area contributed by atoms with Gasteiger partial charge in [-0.25, -0.2) is 9.97 Å². The maximum Gasteiger partial charge on any atom is 0.291 e. The fourth-order valence-electron chi connectivity index (χ4n) is 3.90. The van der Waals surface area contributed by atoms with E-state index in [4.69, 9.17) is 13.9 Å². The van der Waals surface area contributed by atoms with Crippen molar-refractivity contribution in [2.75, 3.05) is 24.9 Å². The van der Waals surface area contributed by atoms with E-state index in [0.29, 0.717) is 22.4 Å². The van der Waals surface area contributed by atoms with Gasteiger partial charge in [0, 0.05) is 27.4 Å². The number of nitrogens with zero attached hydrogens (tertiary/aromatic N) is 2. The molecular formula is C26H28N4O4S. The average molecular weight is 493 g/mol. The minimum Gasteiger partial charge on any atom is -0.493 e. The molecule has 0 unspecified atom stereocenters. The molecule has 4 rings (SSSR count). The van der Waals surface area contributed by atoms with Crippen LogP contribution in [0.5, 0.6) is 11.5 Å². The number of aryl methyl sites for hydroxylation is 3. The van der Waals surface area contributed by atoms with Crippen LogP contribution in [0, 0.1) is 13.8 Å². The Kier molecular flexibility index (Phi) is 7.36. The Hall–Kier alpha value is -3.85. The van der Waals surface area contributed by atoms with Crippen LogP contribution in [0.3, 0.4) is 0 Å². The van der Waals surface area contributed by atoms with Gasteiger partial charge in [-0.05, 0) is 50.6 Å². The lowest BCUT2D eigenvalue weighted by molar-refractivity contribution is 0.0997. The van der Waals surface area contributed by atoms with E-state index in [0.717, 1.165) is 33.8 Å². The monoisotopic (exact) mass is 492 g/mol. The quantitative estimate of drug-likeness (QED) is 0.305. The minimum absolute atomic E-state index is 0.239. The van der Waals surface area contributed by atoms with Crippen molar-refractivity contribution in [3.63, 3.8) is 0 Å². The van der Waals surface area contributed by atoms with E-state index in [1.165, 1.54) is 17.6 Å². The number of ether oxygens (including phenoxy) is 2. The smallest absolute Gasteiger partial charge is 0.291 e. The van der Waals surface area contributed by atoms with Crippen LogP contribution in [0.4, 0.5) is 10.9 Å². The van der Waals surface area contributed by atoms with Crippen molar-refractivity contribution in [3.8, 4) is 11.5 Å².